The largest absolute Gasteiger partial charge is 0.344 e. The van der Waals surface area contributed by atoms with Gasteiger partial charge in [0.25, 0.3) is 0 Å². The van der Waals surface area contributed by atoms with E-state index in [0.717, 1.165) is 0 Å². The molecule has 2 heterocycles. The van der Waals surface area contributed by atoms with Gasteiger partial charge in [-0.3, -0.25) is 4.79 Å². The summed E-state index contributed by atoms with van der Waals surface area (Å²) in [4.78, 5) is 15.4. The number of rotatable bonds is 5. The predicted octanol–water partition coefficient (Wildman–Crippen LogP) is 0.499. The number of sulfonamides is 1. The van der Waals surface area contributed by atoms with Gasteiger partial charge in [-0.1, -0.05) is 23.4 Å². The first-order chi connectivity index (χ1) is 10.5. The Bertz CT molecular complexity index is 772. The van der Waals surface area contributed by atoms with Crippen molar-refractivity contribution in [2.75, 3.05) is 0 Å². The molecular formula is C13H14N4O4S. The van der Waals surface area contributed by atoms with Crippen LogP contribution in [0.25, 0.3) is 0 Å². The van der Waals surface area contributed by atoms with Crippen LogP contribution in [0.1, 0.15) is 30.6 Å². The summed E-state index contributed by atoms with van der Waals surface area (Å²) in [5, 5.41) is 6.43. The molecule has 2 aromatic rings. The monoisotopic (exact) mass is 322 g/mol. The fourth-order valence-electron chi connectivity index (χ4n) is 2.12. The van der Waals surface area contributed by atoms with E-state index in [2.05, 4.69) is 20.2 Å². The molecule has 1 aliphatic heterocycles. The van der Waals surface area contributed by atoms with Crippen molar-refractivity contribution in [3.8, 4) is 0 Å². The molecule has 8 nitrogen and oxygen atoms in total. The molecule has 1 fully saturated rings. The van der Waals surface area contributed by atoms with E-state index >= 15 is 0 Å². The van der Waals surface area contributed by atoms with Gasteiger partial charge in [-0.25, -0.2) is 13.1 Å². The molecule has 22 heavy (non-hydrogen) atoms. The number of nitrogens with zero attached hydrogens (tertiary/aromatic N) is 2. The average molecular weight is 322 g/mol. The van der Waals surface area contributed by atoms with Crippen molar-refractivity contribution in [3.05, 3.63) is 42.0 Å². The Labute approximate surface area is 127 Å². The molecule has 0 radical (unpaired) electrons. The van der Waals surface area contributed by atoms with Gasteiger partial charge in [0, 0.05) is 6.42 Å². The summed E-state index contributed by atoms with van der Waals surface area (Å²) < 4.78 is 31.6. The average Bonchev–Trinajstić information content (AvgIpc) is 3.15. The molecule has 0 saturated carbocycles. The second kappa shape index (κ2) is 5.85. The van der Waals surface area contributed by atoms with Crippen molar-refractivity contribution in [1.82, 2.24) is 20.2 Å². The fraction of sp³-hybridized carbons (Fsp3) is 0.308. The van der Waals surface area contributed by atoms with Gasteiger partial charge < -0.3 is 9.84 Å². The maximum Gasteiger partial charge on any atom is 0.249 e. The topological polar surface area (TPSA) is 114 Å². The van der Waals surface area contributed by atoms with Crippen LogP contribution in [-0.4, -0.2) is 24.5 Å². The SMILES string of the molecule is O=C1CC[C@@H](c2nc(CNS(=O)(=O)c3ccccc3)no2)N1. The highest BCUT2D eigenvalue weighted by Gasteiger charge is 2.27. The highest BCUT2D eigenvalue weighted by molar-refractivity contribution is 7.89. The second-order valence-corrected chi connectivity index (χ2v) is 6.61. The predicted molar refractivity (Wildman–Crippen MR) is 74.9 cm³/mol. The summed E-state index contributed by atoms with van der Waals surface area (Å²) >= 11 is 0. The van der Waals surface area contributed by atoms with Gasteiger partial charge in [-0.2, -0.15) is 4.98 Å². The van der Waals surface area contributed by atoms with Crippen molar-refractivity contribution in [3.63, 3.8) is 0 Å². The van der Waals surface area contributed by atoms with Gasteiger partial charge in [-0.15, -0.1) is 0 Å². The van der Waals surface area contributed by atoms with E-state index in [4.69, 9.17) is 4.52 Å². The molecule has 0 unspecified atom stereocenters. The van der Waals surface area contributed by atoms with Crippen molar-refractivity contribution in [2.24, 2.45) is 0 Å². The lowest BCUT2D eigenvalue weighted by atomic mass is 10.2. The quantitative estimate of drug-likeness (QED) is 0.828. The van der Waals surface area contributed by atoms with Gasteiger partial charge in [0.15, 0.2) is 5.82 Å². The Morgan fingerprint density at radius 2 is 2.09 bits per heavy atom. The zero-order valence-electron chi connectivity index (χ0n) is 11.5. The van der Waals surface area contributed by atoms with Crippen molar-refractivity contribution in [2.45, 2.75) is 30.3 Å². The molecule has 9 heteroatoms. The van der Waals surface area contributed by atoms with Crippen molar-refractivity contribution >= 4 is 15.9 Å². The van der Waals surface area contributed by atoms with Gasteiger partial charge in [0.1, 0.15) is 6.04 Å². The van der Waals surface area contributed by atoms with E-state index < -0.39 is 10.0 Å². The van der Waals surface area contributed by atoms with Crippen LogP contribution in [0.3, 0.4) is 0 Å². The summed E-state index contributed by atoms with van der Waals surface area (Å²) in [6.45, 7) is -0.0820. The number of amides is 1. The first-order valence-electron chi connectivity index (χ1n) is 6.71. The van der Waals surface area contributed by atoms with Crippen LogP contribution in [0.4, 0.5) is 0 Å². The molecule has 0 aliphatic carbocycles. The van der Waals surface area contributed by atoms with Crippen LogP contribution >= 0.6 is 0 Å². The lowest BCUT2D eigenvalue weighted by Crippen LogP contribution is -2.24. The van der Waals surface area contributed by atoms with Gasteiger partial charge >= 0.3 is 0 Å². The highest BCUT2D eigenvalue weighted by Crippen LogP contribution is 2.21. The van der Waals surface area contributed by atoms with E-state index in [9.17, 15) is 13.2 Å². The molecule has 1 amide bonds. The summed E-state index contributed by atoms with van der Waals surface area (Å²) in [5.41, 5.74) is 0. The molecule has 1 saturated heterocycles. The molecule has 116 valence electrons. The molecule has 0 bridgehead atoms. The first-order valence-corrected chi connectivity index (χ1v) is 8.19. The summed E-state index contributed by atoms with van der Waals surface area (Å²) in [5.74, 6) is 0.449. The molecule has 1 atom stereocenters. The maximum atomic E-state index is 12.1. The van der Waals surface area contributed by atoms with E-state index in [-0.39, 0.29) is 29.2 Å². The Hall–Kier alpha value is -2.26. The van der Waals surface area contributed by atoms with Crippen molar-refractivity contribution in [1.29, 1.82) is 0 Å². The van der Waals surface area contributed by atoms with Crippen LogP contribution in [0.2, 0.25) is 0 Å². The normalized spacial score (nSPS) is 18.4. The maximum absolute atomic E-state index is 12.1. The lowest BCUT2D eigenvalue weighted by molar-refractivity contribution is -0.119. The van der Waals surface area contributed by atoms with Gasteiger partial charge in [-0.05, 0) is 18.6 Å². The lowest BCUT2D eigenvalue weighted by Gasteiger charge is -2.04. The van der Waals surface area contributed by atoms with Crippen molar-refractivity contribution < 1.29 is 17.7 Å². The first kappa shape index (κ1) is 14.7. The third-order valence-electron chi connectivity index (χ3n) is 3.25. The number of nitrogens with one attached hydrogen (secondary N) is 2. The third-order valence-corrected chi connectivity index (χ3v) is 4.67. The van der Waals surface area contributed by atoms with Crippen LogP contribution < -0.4 is 10.0 Å². The summed E-state index contributed by atoms with van der Waals surface area (Å²) in [6.07, 6.45) is 1.01. The van der Waals surface area contributed by atoms with Crippen LogP contribution in [-0.2, 0) is 21.4 Å². The standard InChI is InChI=1S/C13H14N4O4S/c18-12-7-6-10(15-12)13-16-11(17-21-13)8-14-22(19,20)9-4-2-1-3-5-9/h1-5,10,14H,6-8H2,(H,15,18)/t10-/m0/s1. The number of hydrogen-bond donors (Lipinski definition) is 2. The second-order valence-electron chi connectivity index (χ2n) is 4.85. The Morgan fingerprint density at radius 3 is 2.77 bits per heavy atom. The highest BCUT2D eigenvalue weighted by atomic mass is 32.2. The zero-order valence-corrected chi connectivity index (χ0v) is 12.3. The smallest absolute Gasteiger partial charge is 0.249 e. The van der Waals surface area contributed by atoms with Gasteiger partial charge in [0.05, 0.1) is 11.4 Å². The minimum atomic E-state index is -3.62. The summed E-state index contributed by atoms with van der Waals surface area (Å²) in [6, 6.07) is 7.73. The molecule has 1 aliphatic rings. The molecule has 3 rings (SSSR count). The number of carbonyl (C=O) groups excluding carboxylic acids is 1. The number of benzene rings is 1. The van der Waals surface area contributed by atoms with Gasteiger partial charge in [0.2, 0.25) is 21.8 Å². The van der Waals surface area contributed by atoms with Crippen LogP contribution in [0, 0.1) is 0 Å². The third kappa shape index (κ3) is 3.15. The molecule has 2 N–H and O–H groups in total. The fourth-order valence-corrected chi connectivity index (χ4v) is 3.12. The Morgan fingerprint density at radius 1 is 1.32 bits per heavy atom. The number of aromatic nitrogens is 2. The van der Waals surface area contributed by atoms with E-state index in [1.165, 1.54) is 12.1 Å². The van der Waals surface area contributed by atoms with E-state index in [1.54, 1.807) is 18.2 Å². The Balaban J connectivity index is 1.65. The van der Waals surface area contributed by atoms with Crippen LogP contribution in [0.5, 0.6) is 0 Å². The number of hydrogen-bond acceptors (Lipinski definition) is 6. The van der Waals surface area contributed by atoms with E-state index in [1.807, 2.05) is 0 Å². The minimum Gasteiger partial charge on any atom is -0.344 e. The number of carbonyl (C=O) groups is 1. The molecule has 1 aromatic carbocycles. The molecular weight excluding hydrogens is 308 g/mol. The minimum absolute atomic E-state index is 0.0606. The molecule has 1 aromatic heterocycles. The Kier molecular flexibility index (Phi) is 3.90. The van der Waals surface area contributed by atoms with Crippen LogP contribution in [0.15, 0.2) is 39.8 Å². The van der Waals surface area contributed by atoms with E-state index in [0.29, 0.717) is 18.7 Å². The molecule has 0 spiro atoms. The zero-order chi connectivity index (χ0) is 15.6. The summed E-state index contributed by atoms with van der Waals surface area (Å²) in [7, 11) is -3.62.